The molecule has 0 bridgehead atoms. The molecule has 0 spiro atoms. The maximum atomic E-state index is 12.7. The van der Waals surface area contributed by atoms with Crippen LogP contribution in [-0.4, -0.2) is 15.5 Å². The molecule has 0 unspecified atom stereocenters. The normalized spacial score (nSPS) is 10.6. The average molecular weight is 388 g/mol. The van der Waals surface area contributed by atoms with Crippen LogP contribution in [0.1, 0.15) is 27.4 Å². The van der Waals surface area contributed by atoms with E-state index in [1.54, 1.807) is 23.9 Å². The summed E-state index contributed by atoms with van der Waals surface area (Å²) in [6.45, 7) is 1.95. The minimum atomic E-state index is -0.356. The number of hydrogen-bond acceptors (Lipinski definition) is 5. The molecule has 0 radical (unpaired) electrons. The van der Waals surface area contributed by atoms with E-state index in [1.165, 1.54) is 11.3 Å². The van der Waals surface area contributed by atoms with Crippen molar-refractivity contribution in [3.8, 4) is 22.5 Å². The lowest BCUT2D eigenvalue weighted by Gasteiger charge is -2.03. The smallest absolute Gasteiger partial charge is 0.256 e. The van der Waals surface area contributed by atoms with E-state index in [0.29, 0.717) is 11.6 Å². The Morgan fingerprint density at radius 2 is 2.00 bits per heavy atom. The molecule has 3 aromatic heterocycles. The van der Waals surface area contributed by atoms with E-state index in [4.69, 9.17) is 4.42 Å². The number of carbonyl (C=O) groups excluding carboxylic acids is 1. The van der Waals surface area contributed by atoms with Gasteiger partial charge in [0, 0.05) is 23.3 Å². The van der Waals surface area contributed by atoms with Crippen molar-refractivity contribution in [2.24, 2.45) is 0 Å². The molecule has 4 aromatic rings. The number of hydrogen-bond donors (Lipinski definition) is 1. The molecule has 7 heteroatoms. The highest BCUT2D eigenvalue weighted by molar-refractivity contribution is 7.13. The summed E-state index contributed by atoms with van der Waals surface area (Å²) < 4.78 is 7.36. The van der Waals surface area contributed by atoms with E-state index < -0.39 is 0 Å². The van der Waals surface area contributed by atoms with Crippen LogP contribution >= 0.6 is 11.3 Å². The van der Waals surface area contributed by atoms with Crippen LogP contribution in [0, 0.1) is 18.3 Å². The van der Waals surface area contributed by atoms with Gasteiger partial charge >= 0.3 is 0 Å². The van der Waals surface area contributed by atoms with Crippen LogP contribution in [0.3, 0.4) is 0 Å². The van der Waals surface area contributed by atoms with Crippen molar-refractivity contribution in [3.63, 3.8) is 0 Å². The lowest BCUT2D eigenvalue weighted by Crippen LogP contribution is -2.24. The van der Waals surface area contributed by atoms with Gasteiger partial charge in [-0.15, -0.1) is 11.3 Å². The Hall–Kier alpha value is -3.63. The Morgan fingerprint density at radius 3 is 2.71 bits per heavy atom. The highest BCUT2D eigenvalue weighted by Gasteiger charge is 2.24. The summed E-state index contributed by atoms with van der Waals surface area (Å²) in [4.78, 5) is 17.3. The van der Waals surface area contributed by atoms with Crippen molar-refractivity contribution in [1.29, 1.82) is 5.26 Å². The number of nitrogens with zero attached hydrogens (tertiary/aromatic N) is 3. The van der Waals surface area contributed by atoms with Crippen molar-refractivity contribution >= 4 is 17.2 Å². The van der Waals surface area contributed by atoms with Gasteiger partial charge in [0.25, 0.3) is 5.91 Å². The summed E-state index contributed by atoms with van der Waals surface area (Å²) in [5.41, 5.74) is 2.28. The largest absolute Gasteiger partial charge is 0.443 e. The molecule has 0 aliphatic rings. The van der Waals surface area contributed by atoms with E-state index in [0.717, 1.165) is 16.3 Å². The Morgan fingerprint density at radius 1 is 1.25 bits per heavy atom. The zero-order valence-corrected chi connectivity index (χ0v) is 15.9. The quantitative estimate of drug-likeness (QED) is 0.552. The van der Waals surface area contributed by atoms with Crippen molar-refractivity contribution in [2.75, 3.05) is 0 Å². The second-order valence-corrected chi connectivity index (χ2v) is 6.97. The van der Waals surface area contributed by atoms with Gasteiger partial charge in [0.1, 0.15) is 28.0 Å². The Balaban J connectivity index is 1.52. The highest BCUT2D eigenvalue weighted by Crippen LogP contribution is 2.26. The van der Waals surface area contributed by atoms with E-state index in [-0.39, 0.29) is 23.6 Å². The van der Waals surface area contributed by atoms with Crippen LogP contribution < -0.4 is 5.32 Å². The number of amides is 1. The van der Waals surface area contributed by atoms with Crippen molar-refractivity contribution < 1.29 is 9.21 Å². The number of furan rings is 1. The number of rotatable bonds is 5. The molecule has 1 amide bonds. The monoisotopic (exact) mass is 388 g/mol. The average Bonchev–Trinajstić information content (AvgIpc) is 3.46. The Kier molecular flexibility index (Phi) is 4.79. The summed E-state index contributed by atoms with van der Waals surface area (Å²) in [7, 11) is 0. The predicted octanol–water partition coefficient (Wildman–Crippen LogP) is 4.30. The standard InChI is InChI=1S/C21H16N4O2S/c1-14-18(17(11-22)21(27-14)25-9-5-6-10-25)19(26)23-12-16-13-28-20(24-16)15-7-3-2-4-8-15/h2-10,13H,12H2,1H3,(H,23,26). The Bertz CT molecular complexity index is 1150. The van der Waals surface area contributed by atoms with E-state index in [1.807, 2.05) is 47.8 Å². The molecule has 3 heterocycles. The lowest BCUT2D eigenvalue weighted by molar-refractivity contribution is 0.0948. The molecule has 0 saturated carbocycles. The van der Waals surface area contributed by atoms with Crippen molar-refractivity contribution in [2.45, 2.75) is 13.5 Å². The molecule has 0 aliphatic carbocycles. The molecule has 0 fully saturated rings. The van der Waals surface area contributed by atoms with Gasteiger partial charge < -0.3 is 9.73 Å². The molecule has 1 N–H and O–H groups in total. The molecule has 0 saturated heterocycles. The molecule has 6 nitrogen and oxygen atoms in total. The van der Waals surface area contributed by atoms with Gasteiger partial charge in [-0.25, -0.2) is 4.98 Å². The van der Waals surface area contributed by atoms with E-state index in [9.17, 15) is 10.1 Å². The molecule has 0 atom stereocenters. The Labute approximate surface area is 165 Å². The molecular weight excluding hydrogens is 372 g/mol. The second kappa shape index (κ2) is 7.55. The summed E-state index contributed by atoms with van der Waals surface area (Å²) in [6, 6.07) is 15.6. The molecule has 28 heavy (non-hydrogen) atoms. The minimum absolute atomic E-state index is 0.217. The summed E-state index contributed by atoms with van der Waals surface area (Å²) >= 11 is 1.53. The van der Waals surface area contributed by atoms with Crippen LogP contribution in [0.15, 0.2) is 64.7 Å². The molecule has 138 valence electrons. The number of carbonyl (C=O) groups is 1. The molecule has 1 aromatic carbocycles. The molecule has 0 aliphatic heterocycles. The fourth-order valence-electron chi connectivity index (χ4n) is 2.92. The zero-order valence-electron chi connectivity index (χ0n) is 15.0. The number of thiazole rings is 1. The predicted molar refractivity (Wildman–Crippen MR) is 106 cm³/mol. The van der Waals surface area contributed by atoms with Crippen LogP contribution in [0.2, 0.25) is 0 Å². The third-order valence-electron chi connectivity index (χ3n) is 4.25. The first-order valence-corrected chi connectivity index (χ1v) is 9.50. The van der Waals surface area contributed by atoms with Crippen molar-refractivity contribution in [1.82, 2.24) is 14.9 Å². The summed E-state index contributed by atoms with van der Waals surface area (Å²) in [6.07, 6.45) is 3.53. The fourth-order valence-corrected chi connectivity index (χ4v) is 3.75. The van der Waals surface area contributed by atoms with Crippen LogP contribution in [0.5, 0.6) is 0 Å². The van der Waals surface area contributed by atoms with Gasteiger partial charge in [-0.1, -0.05) is 30.3 Å². The van der Waals surface area contributed by atoms with Crippen LogP contribution in [0.4, 0.5) is 0 Å². The van der Waals surface area contributed by atoms with E-state index in [2.05, 4.69) is 16.4 Å². The van der Waals surface area contributed by atoms with Gasteiger partial charge in [-0.2, -0.15) is 5.26 Å². The number of aromatic nitrogens is 2. The molecule has 4 rings (SSSR count). The summed E-state index contributed by atoms with van der Waals surface area (Å²) in [5, 5.41) is 15.2. The first-order valence-electron chi connectivity index (χ1n) is 8.62. The van der Waals surface area contributed by atoms with Gasteiger partial charge in [0.2, 0.25) is 5.88 Å². The first-order chi connectivity index (χ1) is 13.7. The second-order valence-electron chi connectivity index (χ2n) is 6.11. The third-order valence-corrected chi connectivity index (χ3v) is 5.19. The zero-order chi connectivity index (χ0) is 19.5. The number of benzene rings is 1. The lowest BCUT2D eigenvalue weighted by atomic mass is 10.1. The first kappa shape index (κ1) is 17.8. The number of aryl methyl sites for hydroxylation is 1. The third kappa shape index (κ3) is 3.33. The SMILES string of the molecule is Cc1oc(-n2cccc2)c(C#N)c1C(=O)NCc1csc(-c2ccccc2)n1. The van der Waals surface area contributed by atoms with Crippen LogP contribution in [-0.2, 0) is 6.54 Å². The maximum absolute atomic E-state index is 12.7. The topological polar surface area (TPSA) is 83.8 Å². The van der Waals surface area contributed by atoms with Gasteiger partial charge in [-0.3, -0.25) is 9.36 Å². The fraction of sp³-hybridized carbons (Fsp3) is 0.0952. The maximum Gasteiger partial charge on any atom is 0.256 e. The van der Waals surface area contributed by atoms with Gasteiger partial charge in [0.15, 0.2) is 0 Å². The molecular formula is C21H16N4O2S. The number of nitrogens with one attached hydrogen (secondary N) is 1. The van der Waals surface area contributed by atoms with Crippen molar-refractivity contribution in [3.05, 3.63) is 82.8 Å². The minimum Gasteiger partial charge on any atom is -0.443 e. The van der Waals surface area contributed by atoms with Crippen LogP contribution in [0.25, 0.3) is 16.5 Å². The highest BCUT2D eigenvalue weighted by atomic mass is 32.1. The van der Waals surface area contributed by atoms with Gasteiger partial charge in [-0.05, 0) is 19.1 Å². The van der Waals surface area contributed by atoms with Gasteiger partial charge in [0.05, 0.1) is 12.2 Å². The van der Waals surface area contributed by atoms with E-state index >= 15 is 0 Å². The summed E-state index contributed by atoms with van der Waals surface area (Å²) in [5.74, 6) is 0.390. The number of nitriles is 1.